The SMILES string of the molecule is O=C(Nc1ccc(F)c(Cl)c1)C1CC1. The summed E-state index contributed by atoms with van der Waals surface area (Å²) in [5.41, 5.74) is 0.549. The maximum absolute atomic E-state index is 12.8. The third-order valence-corrected chi connectivity index (χ3v) is 2.42. The number of nitrogens with one attached hydrogen (secondary N) is 1. The Labute approximate surface area is 86.1 Å². The second-order valence-corrected chi connectivity index (χ2v) is 3.80. The molecule has 1 N–H and O–H groups in total. The predicted molar refractivity (Wildman–Crippen MR) is 52.8 cm³/mol. The monoisotopic (exact) mass is 213 g/mol. The number of hydrogen-bond donors (Lipinski definition) is 1. The van der Waals surface area contributed by atoms with E-state index in [4.69, 9.17) is 11.6 Å². The Morgan fingerprint density at radius 2 is 2.21 bits per heavy atom. The molecule has 0 aromatic heterocycles. The fraction of sp³-hybridized carbons (Fsp3) is 0.300. The standard InChI is InChI=1S/C10H9ClFNO/c11-8-5-7(3-4-9(8)12)13-10(14)6-1-2-6/h3-6H,1-2H2,(H,13,14). The zero-order chi connectivity index (χ0) is 10.1. The molecule has 74 valence electrons. The minimum absolute atomic E-state index is 0.00678. The van der Waals surface area contributed by atoms with E-state index < -0.39 is 5.82 Å². The molecule has 0 bridgehead atoms. The third kappa shape index (κ3) is 2.04. The van der Waals surface area contributed by atoms with Gasteiger partial charge in [-0.2, -0.15) is 0 Å². The number of amides is 1. The van der Waals surface area contributed by atoms with Crippen molar-refractivity contribution >= 4 is 23.2 Å². The summed E-state index contributed by atoms with van der Waals surface area (Å²) in [7, 11) is 0. The lowest BCUT2D eigenvalue weighted by Gasteiger charge is -2.04. The van der Waals surface area contributed by atoms with Crippen LogP contribution in [0.4, 0.5) is 10.1 Å². The minimum atomic E-state index is -0.476. The maximum Gasteiger partial charge on any atom is 0.227 e. The summed E-state index contributed by atoms with van der Waals surface area (Å²) < 4.78 is 12.8. The van der Waals surface area contributed by atoms with Crippen molar-refractivity contribution in [2.75, 3.05) is 5.32 Å². The van der Waals surface area contributed by atoms with E-state index in [1.165, 1.54) is 18.2 Å². The first-order chi connectivity index (χ1) is 6.66. The highest BCUT2D eigenvalue weighted by Crippen LogP contribution is 2.30. The summed E-state index contributed by atoms with van der Waals surface area (Å²) in [4.78, 5) is 11.3. The van der Waals surface area contributed by atoms with E-state index in [0.29, 0.717) is 5.69 Å². The molecule has 0 saturated heterocycles. The van der Waals surface area contributed by atoms with Crippen LogP contribution < -0.4 is 5.32 Å². The molecule has 2 nitrogen and oxygen atoms in total. The Morgan fingerprint density at radius 1 is 1.50 bits per heavy atom. The lowest BCUT2D eigenvalue weighted by atomic mass is 10.3. The van der Waals surface area contributed by atoms with Crippen LogP contribution in [0.15, 0.2) is 18.2 Å². The molecule has 1 aromatic rings. The number of hydrogen-bond acceptors (Lipinski definition) is 1. The predicted octanol–water partition coefficient (Wildman–Crippen LogP) is 2.83. The quantitative estimate of drug-likeness (QED) is 0.804. The van der Waals surface area contributed by atoms with Crippen LogP contribution in [-0.4, -0.2) is 5.91 Å². The second kappa shape index (κ2) is 3.58. The van der Waals surface area contributed by atoms with E-state index in [2.05, 4.69) is 5.32 Å². The first-order valence-electron chi connectivity index (χ1n) is 4.43. The molecule has 4 heteroatoms. The molecule has 0 heterocycles. The van der Waals surface area contributed by atoms with Gasteiger partial charge in [-0.15, -0.1) is 0 Å². The number of rotatable bonds is 2. The summed E-state index contributed by atoms with van der Waals surface area (Å²) in [5, 5.41) is 2.71. The van der Waals surface area contributed by atoms with Crippen LogP contribution in [0.2, 0.25) is 5.02 Å². The molecule has 0 atom stereocenters. The van der Waals surface area contributed by atoms with E-state index in [-0.39, 0.29) is 16.8 Å². The van der Waals surface area contributed by atoms with E-state index in [1.807, 2.05) is 0 Å². The fourth-order valence-electron chi connectivity index (χ4n) is 1.16. The van der Waals surface area contributed by atoms with Crippen molar-refractivity contribution in [2.24, 2.45) is 5.92 Å². The van der Waals surface area contributed by atoms with Crippen LogP contribution in [0.3, 0.4) is 0 Å². The highest BCUT2D eigenvalue weighted by atomic mass is 35.5. The molecule has 0 spiro atoms. The van der Waals surface area contributed by atoms with Crippen molar-refractivity contribution in [1.29, 1.82) is 0 Å². The van der Waals surface area contributed by atoms with Gasteiger partial charge in [0.2, 0.25) is 5.91 Å². The zero-order valence-corrected chi connectivity index (χ0v) is 8.14. The average molecular weight is 214 g/mol. The Bertz CT molecular complexity index is 376. The molecule has 0 radical (unpaired) electrons. The van der Waals surface area contributed by atoms with Gasteiger partial charge in [-0.3, -0.25) is 4.79 Å². The molecule has 1 aromatic carbocycles. The van der Waals surface area contributed by atoms with E-state index in [9.17, 15) is 9.18 Å². The van der Waals surface area contributed by atoms with Gasteiger partial charge in [0.1, 0.15) is 5.82 Å². The molecular formula is C10H9ClFNO. The normalized spacial score (nSPS) is 15.3. The van der Waals surface area contributed by atoms with Gasteiger partial charge in [0.05, 0.1) is 5.02 Å². The Balaban J connectivity index is 2.08. The van der Waals surface area contributed by atoms with Crippen LogP contribution in [0.25, 0.3) is 0 Å². The lowest BCUT2D eigenvalue weighted by Crippen LogP contribution is -2.13. The van der Waals surface area contributed by atoms with Crippen molar-refractivity contribution in [3.05, 3.63) is 29.0 Å². The van der Waals surface area contributed by atoms with E-state index in [1.54, 1.807) is 0 Å². The summed E-state index contributed by atoms with van der Waals surface area (Å²) >= 11 is 5.57. The third-order valence-electron chi connectivity index (χ3n) is 2.14. The Morgan fingerprint density at radius 3 is 2.79 bits per heavy atom. The largest absolute Gasteiger partial charge is 0.326 e. The minimum Gasteiger partial charge on any atom is -0.326 e. The lowest BCUT2D eigenvalue weighted by molar-refractivity contribution is -0.117. The second-order valence-electron chi connectivity index (χ2n) is 3.39. The van der Waals surface area contributed by atoms with Gasteiger partial charge in [-0.25, -0.2) is 4.39 Å². The first kappa shape index (κ1) is 9.46. The zero-order valence-electron chi connectivity index (χ0n) is 7.39. The van der Waals surface area contributed by atoms with Crippen molar-refractivity contribution < 1.29 is 9.18 Å². The van der Waals surface area contributed by atoms with Crippen molar-refractivity contribution in [1.82, 2.24) is 0 Å². The Hall–Kier alpha value is -1.09. The number of benzene rings is 1. The topological polar surface area (TPSA) is 29.1 Å². The number of carbonyl (C=O) groups excluding carboxylic acids is 1. The number of halogens is 2. The fourth-order valence-corrected chi connectivity index (χ4v) is 1.34. The smallest absolute Gasteiger partial charge is 0.227 e. The summed E-state index contributed by atoms with van der Waals surface area (Å²) in [6.07, 6.45) is 1.89. The molecule has 1 amide bonds. The summed E-state index contributed by atoms with van der Waals surface area (Å²) in [5.74, 6) is -0.345. The molecule has 1 fully saturated rings. The van der Waals surface area contributed by atoms with Crippen LogP contribution in [0.5, 0.6) is 0 Å². The molecule has 2 rings (SSSR count). The van der Waals surface area contributed by atoms with Crippen molar-refractivity contribution in [3.8, 4) is 0 Å². The van der Waals surface area contributed by atoms with Crippen molar-refractivity contribution in [2.45, 2.75) is 12.8 Å². The number of carbonyl (C=O) groups is 1. The van der Waals surface area contributed by atoms with Crippen LogP contribution in [0.1, 0.15) is 12.8 Å². The van der Waals surface area contributed by atoms with Gasteiger partial charge >= 0.3 is 0 Å². The summed E-state index contributed by atoms with van der Waals surface area (Å²) in [6.45, 7) is 0. The molecule has 0 unspecified atom stereocenters. The van der Waals surface area contributed by atoms with Gasteiger partial charge < -0.3 is 5.32 Å². The van der Waals surface area contributed by atoms with Gasteiger partial charge in [0, 0.05) is 11.6 Å². The van der Waals surface area contributed by atoms with E-state index >= 15 is 0 Å². The summed E-state index contributed by atoms with van der Waals surface area (Å²) in [6, 6.07) is 4.16. The highest BCUT2D eigenvalue weighted by molar-refractivity contribution is 6.31. The average Bonchev–Trinajstić information content (AvgIpc) is 2.94. The van der Waals surface area contributed by atoms with Gasteiger partial charge in [-0.05, 0) is 31.0 Å². The molecule has 1 saturated carbocycles. The van der Waals surface area contributed by atoms with E-state index in [0.717, 1.165) is 12.8 Å². The van der Waals surface area contributed by atoms with Crippen LogP contribution in [-0.2, 0) is 4.79 Å². The maximum atomic E-state index is 12.8. The molecule has 0 aliphatic heterocycles. The van der Waals surface area contributed by atoms with Crippen LogP contribution >= 0.6 is 11.6 Å². The molecule has 1 aliphatic rings. The van der Waals surface area contributed by atoms with Gasteiger partial charge in [0.25, 0.3) is 0 Å². The number of anilines is 1. The molecular weight excluding hydrogens is 205 g/mol. The van der Waals surface area contributed by atoms with Gasteiger partial charge in [-0.1, -0.05) is 11.6 Å². The first-order valence-corrected chi connectivity index (χ1v) is 4.80. The molecule has 14 heavy (non-hydrogen) atoms. The van der Waals surface area contributed by atoms with Crippen LogP contribution in [0, 0.1) is 11.7 Å². The van der Waals surface area contributed by atoms with Gasteiger partial charge in [0.15, 0.2) is 0 Å². The van der Waals surface area contributed by atoms with Crippen molar-refractivity contribution in [3.63, 3.8) is 0 Å². The Kier molecular flexibility index (Phi) is 2.42. The highest BCUT2D eigenvalue weighted by Gasteiger charge is 2.29. The molecule has 1 aliphatic carbocycles.